The largest absolute Gasteiger partial charge is 0.416 e. The monoisotopic (exact) mass is 247 g/mol. The standard InChI is InChI=1S/C12H16F3NO/c1-8-4-5-9(11(16-2)7-17-3)6-10(8)12(13,14)15/h4-6,11,16H,7H2,1-3H3. The van der Waals surface area contributed by atoms with Crippen molar-refractivity contribution in [2.45, 2.75) is 19.1 Å². The lowest BCUT2D eigenvalue weighted by atomic mass is 10.0. The highest BCUT2D eigenvalue weighted by Crippen LogP contribution is 2.33. The molecule has 0 radical (unpaired) electrons. The molecule has 0 fully saturated rings. The quantitative estimate of drug-likeness (QED) is 0.883. The van der Waals surface area contributed by atoms with Crippen LogP contribution in [-0.4, -0.2) is 20.8 Å². The number of methoxy groups -OCH3 is 1. The fourth-order valence-electron chi connectivity index (χ4n) is 1.67. The molecule has 0 aliphatic heterocycles. The van der Waals surface area contributed by atoms with E-state index in [4.69, 9.17) is 4.74 Å². The Morgan fingerprint density at radius 2 is 2.00 bits per heavy atom. The third-order valence-electron chi connectivity index (χ3n) is 2.65. The summed E-state index contributed by atoms with van der Waals surface area (Å²) in [6.45, 7) is 1.79. The van der Waals surface area contributed by atoms with Crippen molar-refractivity contribution < 1.29 is 17.9 Å². The van der Waals surface area contributed by atoms with Gasteiger partial charge in [0.2, 0.25) is 0 Å². The molecule has 96 valence electrons. The molecule has 0 aliphatic carbocycles. The highest BCUT2D eigenvalue weighted by Gasteiger charge is 2.32. The van der Waals surface area contributed by atoms with Crippen LogP contribution in [0, 0.1) is 6.92 Å². The number of halogens is 3. The zero-order valence-corrected chi connectivity index (χ0v) is 10.1. The average molecular weight is 247 g/mol. The SMILES string of the molecule is CNC(COC)c1ccc(C)c(C(F)(F)F)c1. The van der Waals surface area contributed by atoms with Gasteiger partial charge in [-0.1, -0.05) is 12.1 Å². The van der Waals surface area contributed by atoms with Crippen molar-refractivity contribution in [3.8, 4) is 0 Å². The van der Waals surface area contributed by atoms with Crippen LogP contribution in [0.2, 0.25) is 0 Å². The molecule has 1 N–H and O–H groups in total. The van der Waals surface area contributed by atoms with Crippen LogP contribution >= 0.6 is 0 Å². The van der Waals surface area contributed by atoms with E-state index in [2.05, 4.69) is 5.32 Å². The van der Waals surface area contributed by atoms with E-state index < -0.39 is 11.7 Å². The molecule has 0 spiro atoms. The van der Waals surface area contributed by atoms with E-state index >= 15 is 0 Å². The number of aryl methyl sites for hydroxylation is 1. The molecule has 0 amide bonds. The Kier molecular flexibility index (Phi) is 4.54. The van der Waals surface area contributed by atoms with Crippen LogP contribution < -0.4 is 5.32 Å². The normalized spacial score (nSPS) is 13.8. The van der Waals surface area contributed by atoms with Crippen molar-refractivity contribution in [2.75, 3.05) is 20.8 Å². The van der Waals surface area contributed by atoms with Crippen molar-refractivity contribution in [2.24, 2.45) is 0 Å². The maximum atomic E-state index is 12.7. The summed E-state index contributed by atoms with van der Waals surface area (Å²) in [5, 5.41) is 2.93. The first-order valence-corrected chi connectivity index (χ1v) is 5.24. The van der Waals surface area contributed by atoms with Gasteiger partial charge in [-0.3, -0.25) is 0 Å². The molecule has 1 atom stereocenters. The number of likely N-dealkylation sites (N-methyl/N-ethyl adjacent to an activating group) is 1. The molecule has 0 aromatic heterocycles. The zero-order chi connectivity index (χ0) is 13.1. The fourth-order valence-corrected chi connectivity index (χ4v) is 1.67. The Labute approximate surface area is 98.8 Å². The Bertz CT molecular complexity index is 377. The first-order chi connectivity index (χ1) is 7.90. The average Bonchev–Trinajstić information content (AvgIpc) is 2.25. The van der Waals surface area contributed by atoms with Gasteiger partial charge in [0.25, 0.3) is 0 Å². The summed E-state index contributed by atoms with van der Waals surface area (Å²) >= 11 is 0. The second-order valence-corrected chi connectivity index (χ2v) is 3.87. The smallest absolute Gasteiger partial charge is 0.383 e. The number of hydrogen-bond acceptors (Lipinski definition) is 2. The minimum absolute atomic E-state index is 0.230. The second kappa shape index (κ2) is 5.51. The van der Waals surface area contributed by atoms with E-state index in [-0.39, 0.29) is 11.6 Å². The highest BCUT2D eigenvalue weighted by molar-refractivity contribution is 5.34. The summed E-state index contributed by atoms with van der Waals surface area (Å²) in [5.41, 5.74) is 0.215. The van der Waals surface area contributed by atoms with Crippen molar-refractivity contribution in [3.05, 3.63) is 34.9 Å². The maximum absolute atomic E-state index is 12.7. The lowest BCUT2D eigenvalue weighted by molar-refractivity contribution is -0.138. The van der Waals surface area contributed by atoms with Gasteiger partial charge in [0.1, 0.15) is 0 Å². The zero-order valence-electron chi connectivity index (χ0n) is 10.1. The van der Waals surface area contributed by atoms with Gasteiger partial charge < -0.3 is 10.1 Å². The molecule has 5 heteroatoms. The van der Waals surface area contributed by atoms with Crippen LogP contribution in [0.4, 0.5) is 13.2 Å². The Hall–Kier alpha value is -1.07. The molecule has 0 aliphatic rings. The molecular formula is C12H16F3NO. The summed E-state index contributed by atoms with van der Waals surface area (Å²) in [6, 6.07) is 4.11. The number of hydrogen-bond donors (Lipinski definition) is 1. The van der Waals surface area contributed by atoms with Crippen molar-refractivity contribution in [1.82, 2.24) is 5.32 Å². The van der Waals surface area contributed by atoms with Crippen LogP contribution in [0.5, 0.6) is 0 Å². The van der Waals surface area contributed by atoms with E-state index in [9.17, 15) is 13.2 Å². The van der Waals surface area contributed by atoms with Gasteiger partial charge in [0.15, 0.2) is 0 Å². The Balaban J connectivity index is 3.11. The summed E-state index contributed by atoms with van der Waals surface area (Å²) in [6.07, 6.45) is -4.31. The predicted molar refractivity (Wildman–Crippen MR) is 59.9 cm³/mol. The van der Waals surface area contributed by atoms with Gasteiger partial charge in [-0.25, -0.2) is 0 Å². The molecule has 0 saturated carbocycles. The van der Waals surface area contributed by atoms with E-state index in [0.29, 0.717) is 12.2 Å². The predicted octanol–water partition coefficient (Wildman–Crippen LogP) is 2.92. The lowest BCUT2D eigenvalue weighted by Gasteiger charge is -2.18. The van der Waals surface area contributed by atoms with E-state index in [1.54, 1.807) is 13.1 Å². The minimum atomic E-state index is -4.31. The molecule has 1 aromatic rings. The van der Waals surface area contributed by atoms with Crippen molar-refractivity contribution in [1.29, 1.82) is 0 Å². The van der Waals surface area contributed by atoms with E-state index in [0.717, 1.165) is 0 Å². The van der Waals surface area contributed by atoms with Crippen LogP contribution in [-0.2, 0) is 10.9 Å². The highest BCUT2D eigenvalue weighted by atomic mass is 19.4. The number of alkyl halides is 3. The third-order valence-corrected chi connectivity index (χ3v) is 2.65. The van der Waals surface area contributed by atoms with Crippen molar-refractivity contribution in [3.63, 3.8) is 0 Å². The minimum Gasteiger partial charge on any atom is -0.383 e. The van der Waals surface area contributed by atoms with Crippen LogP contribution in [0.25, 0.3) is 0 Å². The fraction of sp³-hybridized carbons (Fsp3) is 0.500. The molecule has 0 saturated heterocycles. The molecule has 17 heavy (non-hydrogen) atoms. The van der Waals surface area contributed by atoms with Crippen molar-refractivity contribution >= 4 is 0 Å². The molecule has 1 rings (SSSR count). The first kappa shape index (κ1) is 14.0. The van der Waals surface area contributed by atoms with E-state index in [1.807, 2.05) is 0 Å². The van der Waals surface area contributed by atoms with Gasteiger partial charge in [-0.15, -0.1) is 0 Å². The molecule has 1 aromatic carbocycles. The van der Waals surface area contributed by atoms with Crippen LogP contribution in [0.3, 0.4) is 0 Å². The molecule has 2 nitrogen and oxygen atoms in total. The topological polar surface area (TPSA) is 21.3 Å². The Morgan fingerprint density at radius 1 is 1.35 bits per heavy atom. The van der Waals surface area contributed by atoms with Gasteiger partial charge in [-0.2, -0.15) is 13.2 Å². The van der Waals surface area contributed by atoms with Crippen LogP contribution in [0.15, 0.2) is 18.2 Å². The van der Waals surface area contributed by atoms with Gasteiger partial charge in [0, 0.05) is 7.11 Å². The first-order valence-electron chi connectivity index (χ1n) is 5.24. The molecule has 0 heterocycles. The molecular weight excluding hydrogens is 231 g/mol. The Morgan fingerprint density at radius 3 is 2.47 bits per heavy atom. The summed E-state index contributed by atoms with van der Waals surface area (Å²) in [5.74, 6) is 0. The summed E-state index contributed by atoms with van der Waals surface area (Å²) in [7, 11) is 3.21. The number of benzene rings is 1. The summed E-state index contributed by atoms with van der Waals surface area (Å²) < 4.78 is 43.2. The van der Waals surface area contributed by atoms with Gasteiger partial charge >= 0.3 is 6.18 Å². The maximum Gasteiger partial charge on any atom is 0.416 e. The van der Waals surface area contributed by atoms with Crippen LogP contribution in [0.1, 0.15) is 22.7 Å². The van der Waals surface area contributed by atoms with Gasteiger partial charge in [-0.05, 0) is 31.2 Å². The van der Waals surface area contributed by atoms with E-state index in [1.165, 1.54) is 26.2 Å². The number of rotatable bonds is 4. The third kappa shape index (κ3) is 3.44. The molecule has 0 bridgehead atoms. The summed E-state index contributed by atoms with van der Waals surface area (Å²) in [4.78, 5) is 0. The number of nitrogens with one attached hydrogen (secondary N) is 1. The second-order valence-electron chi connectivity index (χ2n) is 3.87. The molecule has 1 unspecified atom stereocenters. The van der Waals surface area contributed by atoms with Gasteiger partial charge in [0.05, 0.1) is 18.2 Å². The number of ether oxygens (including phenoxy) is 1. The lowest BCUT2D eigenvalue weighted by Crippen LogP contribution is -2.22.